The molecule has 0 aliphatic rings. The third kappa shape index (κ3) is 5.46. The first-order valence-electron chi connectivity index (χ1n) is 9.56. The number of hydrogen-bond acceptors (Lipinski definition) is 5. The molecule has 0 aliphatic heterocycles. The lowest BCUT2D eigenvalue weighted by Crippen LogP contribution is -2.27. The van der Waals surface area contributed by atoms with Crippen LogP contribution in [0.5, 0.6) is 0 Å². The van der Waals surface area contributed by atoms with Gasteiger partial charge in [-0.25, -0.2) is 0 Å². The Balaban J connectivity index is 1.87. The number of anilines is 1. The lowest BCUT2D eigenvalue weighted by atomic mass is 10.0. The normalized spacial score (nSPS) is 13.1. The Morgan fingerprint density at radius 1 is 1.00 bits per heavy atom. The van der Waals surface area contributed by atoms with Gasteiger partial charge in [-0.2, -0.15) is 36.6 Å². The van der Waals surface area contributed by atoms with E-state index in [2.05, 4.69) is 10.3 Å². The van der Waals surface area contributed by atoms with Crippen LogP contribution in [0.3, 0.4) is 0 Å². The second-order valence-electron chi connectivity index (χ2n) is 7.33. The fourth-order valence-electron chi connectivity index (χ4n) is 3.23. The standard InChI is InChI=1S/C22H18F6N4O/c1-32(2)18(13-7-9-14(10-8-13)21(23,24)25)12-30-20-17(11-29)31-19(33-20)15-5-3-4-6-16(15)22(26,27)28/h3-10,18,30H,12H2,1-2H3. The fraction of sp³-hybridized carbons (Fsp3) is 0.273. The number of benzene rings is 2. The molecule has 1 aromatic heterocycles. The minimum absolute atomic E-state index is 0.0859. The molecule has 0 aliphatic carbocycles. The van der Waals surface area contributed by atoms with Crippen molar-refractivity contribution in [2.24, 2.45) is 0 Å². The van der Waals surface area contributed by atoms with Crippen LogP contribution in [0.15, 0.2) is 52.9 Å². The molecule has 0 bridgehead atoms. The molecule has 2 aromatic carbocycles. The minimum atomic E-state index is -4.65. The maximum absolute atomic E-state index is 13.3. The maximum Gasteiger partial charge on any atom is 0.417 e. The summed E-state index contributed by atoms with van der Waals surface area (Å²) in [5, 5.41) is 12.2. The zero-order chi connectivity index (χ0) is 24.4. The summed E-state index contributed by atoms with van der Waals surface area (Å²) in [5.41, 5.74) is -1.75. The van der Waals surface area contributed by atoms with Crippen molar-refractivity contribution in [1.82, 2.24) is 9.88 Å². The van der Waals surface area contributed by atoms with Crippen molar-refractivity contribution in [2.75, 3.05) is 26.0 Å². The van der Waals surface area contributed by atoms with Crippen LogP contribution < -0.4 is 5.32 Å². The molecule has 0 saturated carbocycles. The molecule has 11 heteroatoms. The molecular weight excluding hydrogens is 450 g/mol. The molecule has 33 heavy (non-hydrogen) atoms. The third-order valence-corrected chi connectivity index (χ3v) is 4.90. The number of oxazole rings is 1. The molecule has 3 rings (SSSR count). The van der Waals surface area contributed by atoms with Crippen LogP contribution >= 0.6 is 0 Å². The van der Waals surface area contributed by atoms with Crippen molar-refractivity contribution in [3.05, 3.63) is 70.9 Å². The van der Waals surface area contributed by atoms with Gasteiger partial charge in [0.1, 0.15) is 6.07 Å². The van der Waals surface area contributed by atoms with E-state index in [4.69, 9.17) is 4.42 Å². The Morgan fingerprint density at radius 3 is 2.18 bits per heavy atom. The van der Waals surface area contributed by atoms with Crippen LogP contribution in [-0.2, 0) is 12.4 Å². The zero-order valence-corrected chi connectivity index (χ0v) is 17.4. The average Bonchev–Trinajstić information content (AvgIpc) is 3.16. The molecule has 0 spiro atoms. The van der Waals surface area contributed by atoms with E-state index in [-0.39, 0.29) is 29.6 Å². The molecule has 0 saturated heterocycles. The molecule has 0 amide bonds. The second kappa shape index (κ2) is 9.15. The average molecular weight is 468 g/mol. The van der Waals surface area contributed by atoms with Gasteiger partial charge >= 0.3 is 12.4 Å². The summed E-state index contributed by atoms with van der Waals surface area (Å²) in [7, 11) is 3.42. The van der Waals surface area contributed by atoms with Gasteiger partial charge in [0.15, 0.2) is 0 Å². The maximum atomic E-state index is 13.3. The molecule has 0 fully saturated rings. The SMILES string of the molecule is CN(C)C(CNc1oc(-c2ccccc2C(F)(F)F)nc1C#N)c1ccc(C(F)(F)F)cc1. The molecule has 1 heterocycles. The molecule has 0 radical (unpaired) electrons. The number of nitriles is 1. The Morgan fingerprint density at radius 2 is 1.64 bits per heavy atom. The Hall–Kier alpha value is -3.52. The summed E-state index contributed by atoms with van der Waals surface area (Å²) in [4.78, 5) is 5.61. The second-order valence-corrected chi connectivity index (χ2v) is 7.33. The predicted octanol–water partition coefficient (Wildman–Crippen LogP) is 5.97. The van der Waals surface area contributed by atoms with Gasteiger partial charge in [0.2, 0.25) is 17.5 Å². The van der Waals surface area contributed by atoms with Crippen molar-refractivity contribution in [1.29, 1.82) is 5.26 Å². The number of aromatic nitrogens is 1. The van der Waals surface area contributed by atoms with E-state index in [0.29, 0.717) is 5.56 Å². The van der Waals surface area contributed by atoms with Crippen LogP contribution in [0, 0.1) is 11.3 Å². The molecule has 174 valence electrons. The zero-order valence-electron chi connectivity index (χ0n) is 17.4. The van der Waals surface area contributed by atoms with Crippen LogP contribution in [0.2, 0.25) is 0 Å². The van der Waals surface area contributed by atoms with E-state index in [1.807, 2.05) is 0 Å². The van der Waals surface area contributed by atoms with Gasteiger partial charge in [0.25, 0.3) is 0 Å². The Labute approximate surface area is 185 Å². The van der Waals surface area contributed by atoms with E-state index in [9.17, 15) is 31.6 Å². The summed E-state index contributed by atoms with van der Waals surface area (Å²) in [6, 6.07) is 10.6. The van der Waals surface area contributed by atoms with Crippen molar-refractivity contribution in [3.8, 4) is 17.5 Å². The largest absolute Gasteiger partial charge is 0.419 e. The summed E-state index contributed by atoms with van der Waals surface area (Å²) in [5.74, 6) is -0.513. The summed E-state index contributed by atoms with van der Waals surface area (Å²) < 4.78 is 83.9. The number of hydrogen-bond donors (Lipinski definition) is 1. The Kier molecular flexibility index (Phi) is 6.69. The highest BCUT2D eigenvalue weighted by Gasteiger charge is 2.35. The van der Waals surface area contributed by atoms with Gasteiger partial charge in [-0.05, 0) is 43.9 Å². The molecule has 1 N–H and O–H groups in total. The topological polar surface area (TPSA) is 65.1 Å². The summed E-state index contributed by atoms with van der Waals surface area (Å²) in [6.07, 6.45) is -9.11. The van der Waals surface area contributed by atoms with Crippen molar-refractivity contribution in [2.45, 2.75) is 18.4 Å². The lowest BCUT2D eigenvalue weighted by Gasteiger charge is -2.25. The predicted molar refractivity (Wildman–Crippen MR) is 108 cm³/mol. The van der Waals surface area contributed by atoms with Gasteiger partial charge in [0.05, 0.1) is 17.2 Å². The smallest absolute Gasteiger partial charge is 0.417 e. The van der Waals surface area contributed by atoms with E-state index in [1.54, 1.807) is 25.1 Å². The van der Waals surface area contributed by atoms with Gasteiger partial charge in [-0.1, -0.05) is 24.3 Å². The third-order valence-electron chi connectivity index (χ3n) is 4.90. The van der Waals surface area contributed by atoms with Crippen molar-refractivity contribution < 1.29 is 30.8 Å². The highest BCUT2D eigenvalue weighted by molar-refractivity contribution is 5.63. The van der Waals surface area contributed by atoms with E-state index in [1.165, 1.54) is 30.3 Å². The van der Waals surface area contributed by atoms with Gasteiger partial charge in [-0.3, -0.25) is 0 Å². The number of halogens is 6. The van der Waals surface area contributed by atoms with E-state index in [0.717, 1.165) is 18.2 Å². The Bertz CT molecular complexity index is 1140. The first kappa shape index (κ1) is 24.1. The number of alkyl halides is 6. The first-order chi connectivity index (χ1) is 15.4. The molecule has 1 unspecified atom stereocenters. The summed E-state index contributed by atoms with van der Waals surface area (Å²) >= 11 is 0. The summed E-state index contributed by atoms with van der Waals surface area (Å²) in [6.45, 7) is 0.0859. The van der Waals surface area contributed by atoms with Gasteiger partial charge in [-0.15, -0.1) is 0 Å². The number of likely N-dealkylation sites (N-methyl/N-ethyl adjacent to an activating group) is 1. The van der Waals surface area contributed by atoms with Crippen molar-refractivity contribution >= 4 is 5.88 Å². The fourth-order valence-corrected chi connectivity index (χ4v) is 3.23. The van der Waals surface area contributed by atoms with Gasteiger partial charge in [0, 0.05) is 12.1 Å². The number of rotatable bonds is 6. The monoisotopic (exact) mass is 468 g/mol. The quantitative estimate of drug-likeness (QED) is 0.452. The van der Waals surface area contributed by atoms with Crippen molar-refractivity contribution in [3.63, 3.8) is 0 Å². The number of nitrogens with one attached hydrogen (secondary N) is 1. The van der Waals surface area contributed by atoms with Crippen LogP contribution in [0.4, 0.5) is 32.2 Å². The highest BCUT2D eigenvalue weighted by atomic mass is 19.4. The molecule has 3 aromatic rings. The molecule has 1 atom stereocenters. The lowest BCUT2D eigenvalue weighted by molar-refractivity contribution is -0.138. The van der Waals surface area contributed by atoms with E-state index >= 15 is 0 Å². The molecular formula is C22H18F6N4O. The van der Waals surface area contributed by atoms with Crippen LogP contribution in [0.25, 0.3) is 11.5 Å². The first-order valence-corrected chi connectivity index (χ1v) is 9.56. The minimum Gasteiger partial charge on any atom is -0.419 e. The van der Waals surface area contributed by atoms with Crippen LogP contribution in [0.1, 0.15) is 28.4 Å². The molecule has 5 nitrogen and oxygen atoms in total. The number of nitrogens with zero attached hydrogens (tertiary/aromatic N) is 3. The van der Waals surface area contributed by atoms with Gasteiger partial charge < -0.3 is 14.6 Å². The highest BCUT2D eigenvalue weighted by Crippen LogP contribution is 2.38. The van der Waals surface area contributed by atoms with E-state index < -0.39 is 29.5 Å². The van der Waals surface area contributed by atoms with Crippen LogP contribution in [-0.4, -0.2) is 30.5 Å².